The summed E-state index contributed by atoms with van der Waals surface area (Å²) in [6.07, 6.45) is 0.167. The van der Waals surface area contributed by atoms with Gasteiger partial charge in [0.15, 0.2) is 11.5 Å². The van der Waals surface area contributed by atoms with Crippen LogP contribution >= 0.6 is 23.2 Å². The second kappa shape index (κ2) is 11.0. The molecule has 0 unspecified atom stereocenters. The van der Waals surface area contributed by atoms with Crippen molar-refractivity contribution >= 4 is 44.6 Å². The number of anilines is 1. The van der Waals surface area contributed by atoms with E-state index in [1.165, 1.54) is 48.5 Å². The zero-order valence-corrected chi connectivity index (χ0v) is 24.2. The molecule has 4 rings (SSSR count). The molecular formula is C30H27Cl2NO6S. The first kappa shape index (κ1) is 29.3. The maximum atomic E-state index is 13.2. The van der Waals surface area contributed by atoms with Gasteiger partial charge in [0.2, 0.25) is 15.6 Å². The van der Waals surface area contributed by atoms with Crippen molar-refractivity contribution in [2.45, 2.75) is 42.4 Å². The van der Waals surface area contributed by atoms with Gasteiger partial charge in [-0.2, -0.15) is 0 Å². The number of carbonyl (C=O) groups is 1. The van der Waals surface area contributed by atoms with Crippen molar-refractivity contribution in [2.24, 2.45) is 0 Å². The SMILES string of the molecule is CC(C)(C)c1ccc(Cc2cc(C(=O)Nc3cc(S(=O)(=O)c4ccc(Cl)cc4)ccc3Cl)c(O)c(O)c2O)cc1. The van der Waals surface area contributed by atoms with Crippen LogP contribution in [0, 0.1) is 0 Å². The van der Waals surface area contributed by atoms with Crippen molar-refractivity contribution in [2.75, 3.05) is 5.32 Å². The molecule has 0 aromatic heterocycles. The maximum Gasteiger partial charge on any atom is 0.259 e. The van der Waals surface area contributed by atoms with Crippen molar-refractivity contribution in [1.29, 1.82) is 0 Å². The second-order valence-corrected chi connectivity index (χ2v) is 13.1. The summed E-state index contributed by atoms with van der Waals surface area (Å²) >= 11 is 12.1. The van der Waals surface area contributed by atoms with Crippen LogP contribution in [0.5, 0.6) is 17.2 Å². The highest BCUT2D eigenvalue weighted by atomic mass is 35.5. The molecule has 0 bridgehead atoms. The van der Waals surface area contributed by atoms with E-state index in [4.69, 9.17) is 23.2 Å². The third kappa shape index (κ3) is 6.04. The van der Waals surface area contributed by atoms with Crippen LogP contribution in [0.4, 0.5) is 5.69 Å². The molecule has 4 aromatic carbocycles. The van der Waals surface area contributed by atoms with E-state index < -0.39 is 33.0 Å². The Balaban J connectivity index is 1.65. The number of hydrogen-bond donors (Lipinski definition) is 4. The van der Waals surface area contributed by atoms with Crippen LogP contribution < -0.4 is 5.32 Å². The van der Waals surface area contributed by atoms with Gasteiger partial charge >= 0.3 is 0 Å². The number of sulfone groups is 1. The summed E-state index contributed by atoms with van der Waals surface area (Å²) in [7, 11) is -3.96. The van der Waals surface area contributed by atoms with Crippen LogP contribution in [0.2, 0.25) is 10.0 Å². The third-order valence-corrected chi connectivity index (χ3v) is 8.75. The molecule has 7 nitrogen and oxygen atoms in total. The highest BCUT2D eigenvalue weighted by molar-refractivity contribution is 7.91. The number of hydrogen-bond acceptors (Lipinski definition) is 6. The monoisotopic (exact) mass is 599 g/mol. The van der Waals surface area contributed by atoms with Crippen LogP contribution in [0.15, 0.2) is 82.6 Å². The molecule has 0 aliphatic carbocycles. The first-order valence-corrected chi connectivity index (χ1v) is 14.4. The summed E-state index contributed by atoms with van der Waals surface area (Å²) in [6, 6.07) is 18.4. The minimum Gasteiger partial charge on any atom is -0.504 e. The molecule has 0 atom stereocenters. The smallest absolute Gasteiger partial charge is 0.259 e. The molecule has 0 saturated carbocycles. The standard InChI is InChI=1S/C30H27Cl2NO6S/c1-30(2,3)19-6-4-17(5-7-19)14-18-15-23(27(35)28(36)26(18)34)29(37)33-25-16-22(12-13-24(25)32)40(38,39)21-10-8-20(31)9-11-21/h4-13,15-16,34-36H,14H2,1-3H3,(H,33,37). The number of rotatable bonds is 6. The maximum absolute atomic E-state index is 13.2. The van der Waals surface area contributed by atoms with Crippen molar-refractivity contribution in [1.82, 2.24) is 0 Å². The predicted molar refractivity (Wildman–Crippen MR) is 156 cm³/mol. The Morgan fingerprint density at radius 2 is 1.40 bits per heavy atom. The third-order valence-electron chi connectivity index (χ3n) is 6.41. The minimum atomic E-state index is -3.96. The Bertz CT molecular complexity index is 1690. The molecular weight excluding hydrogens is 573 g/mol. The zero-order valence-electron chi connectivity index (χ0n) is 21.9. The van der Waals surface area contributed by atoms with Gasteiger partial charge in [0.1, 0.15) is 0 Å². The Morgan fingerprint density at radius 3 is 2.00 bits per heavy atom. The summed E-state index contributed by atoms with van der Waals surface area (Å²) in [6.45, 7) is 6.27. The summed E-state index contributed by atoms with van der Waals surface area (Å²) in [5.74, 6) is -3.11. The molecule has 10 heteroatoms. The number of carbonyl (C=O) groups excluding carboxylic acids is 1. The van der Waals surface area contributed by atoms with Gasteiger partial charge in [-0.1, -0.05) is 68.2 Å². The quantitative estimate of drug-likeness (QED) is 0.175. The van der Waals surface area contributed by atoms with Crippen LogP contribution in [0.1, 0.15) is 47.8 Å². The van der Waals surface area contributed by atoms with Gasteiger partial charge in [0.05, 0.1) is 26.1 Å². The minimum absolute atomic E-state index is 0.00206. The highest BCUT2D eigenvalue weighted by Crippen LogP contribution is 2.42. The van der Waals surface area contributed by atoms with E-state index in [9.17, 15) is 28.5 Å². The van der Waals surface area contributed by atoms with E-state index in [1.807, 2.05) is 24.3 Å². The number of phenols is 3. The Morgan fingerprint density at radius 1 is 0.800 bits per heavy atom. The number of benzene rings is 4. The van der Waals surface area contributed by atoms with Crippen LogP contribution in [0.25, 0.3) is 0 Å². The van der Waals surface area contributed by atoms with Crippen molar-refractivity contribution in [3.63, 3.8) is 0 Å². The highest BCUT2D eigenvalue weighted by Gasteiger charge is 2.24. The number of phenolic OH excluding ortho intramolecular Hbond substituents is 3. The molecule has 4 aromatic rings. The van der Waals surface area contributed by atoms with E-state index in [1.54, 1.807) is 0 Å². The fraction of sp³-hybridized carbons (Fsp3) is 0.167. The van der Waals surface area contributed by atoms with Crippen LogP contribution in [-0.2, 0) is 21.7 Å². The number of halogens is 2. The van der Waals surface area contributed by atoms with Gasteiger partial charge < -0.3 is 20.6 Å². The van der Waals surface area contributed by atoms with E-state index in [0.29, 0.717) is 5.02 Å². The van der Waals surface area contributed by atoms with Gasteiger partial charge in [0.25, 0.3) is 5.91 Å². The molecule has 0 spiro atoms. The lowest BCUT2D eigenvalue weighted by Crippen LogP contribution is -2.14. The number of nitrogens with one attached hydrogen (secondary N) is 1. The summed E-state index contributed by atoms with van der Waals surface area (Å²) in [5, 5.41) is 34.2. The molecule has 0 aliphatic heterocycles. The van der Waals surface area contributed by atoms with E-state index in [2.05, 4.69) is 26.1 Å². The second-order valence-electron chi connectivity index (χ2n) is 10.3. The molecule has 0 saturated heterocycles. The summed E-state index contributed by atoms with van der Waals surface area (Å²) < 4.78 is 26.2. The molecule has 0 fully saturated rings. The summed E-state index contributed by atoms with van der Waals surface area (Å²) in [5.41, 5.74) is 1.71. The topological polar surface area (TPSA) is 124 Å². The largest absolute Gasteiger partial charge is 0.504 e. The van der Waals surface area contributed by atoms with E-state index in [0.717, 1.165) is 11.1 Å². The average molecular weight is 601 g/mol. The molecule has 208 valence electrons. The van der Waals surface area contributed by atoms with Crippen molar-refractivity contribution in [3.8, 4) is 17.2 Å². The summed E-state index contributed by atoms with van der Waals surface area (Å²) in [4.78, 5) is 13.1. The Hall–Kier alpha value is -3.72. The molecule has 1 amide bonds. The van der Waals surface area contributed by atoms with Crippen molar-refractivity contribution in [3.05, 3.63) is 105 Å². The lowest BCUT2D eigenvalue weighted by molar-refractivity contribution is 0.102. The van der Waals surface area contributed by atoms with Gasteiger partial charge in [-0.25, -0.2) is 8.42 Å². The molecule has 0 radical (unpaired) electrons. The fourth-order valence-corrected chi connectivity index (χ4v) is 5.64. The van der Waals surface area contributed by atoms with Gasteiger partial charge in [0, 0.05) is 17.0 Å². The lowest BCUT2D eigenvalue weighted by Gasteiger charge is -2.19. The van der Waals surface area contributed by atoms with Crippen LogP contribution in [-0.4, -0.2) is 29.6 Å². The molecule has 0 aliphatic rings. The van der Waals surface area contributed by atoms with E-state index in [-0.39, 0.29) is 43.5 Å². The molecule has 40 heavy (non-hydrogen) atoms. The van der Waals surface area contributed by atoms with E-state index >= 15 is 0 Å². The Kier molecular flexibility index (Phi) is 8.08. The first-order valence-electron chi connectivity index (χ1n) is 12.2. The molecule has 0 heterocycles. The van der Waals surface area contributed by atoms with Crippen molar-refractivity contribution < 1.29 is 28.5 Å². The van der Waals surface area contributed by atoms with Gasteiger partial charge in [-0.15, -0.1) is 0 Å². The zero-order chi connectivity index (χ0) is 29.4. The average Bonchev–Trinajstić information content (AvgIpc) is 2.90. The molecule has 4 N–H and O–H groups in total. The Labute approximate surface area is 242 Å². The first-order chi connectivity index (χ1) is 18.7. The van der Waals surface area contributed by atoms with Gasteiger partial charge in [-0.3, -0.25) is 4.79 Å². The fourth-order valence-electron chi connectivity index (χ4n) is 4.06. The lowest BCUT2D eigenvalue weighted by atomic mass is 9.86. The van der Waals surface area contributed by atoms with Gasteiger partial charge in [-0.05, 0) is 65.1 Å². The predicted octanol–water partition coefficient (Wildman–Crippen LogP) is 7.08. The number of aromatic hydroxyl groups is 3. The number of amides is 1. The normalized spacial score (nSPS) is 11.8. The van der Waals surface area contributed by atoms with Crippen LogP contribution in [0.3, 0.4) is 0 Å².